The maximum atomic E-state index is 11.4. The molecule has 9 N–H and O–H groups in total. The second-order valence-electron chi connectivity index (χ2n) is 6.53. The average molecular weight is 399 g/mol. The van der Waals surface area contributed by atoms with Crippen LogP contribution in [0.1, 0.15) is 0 Å². The highest BCUT2D eigenvalue weighted by Gasteiger charge is 2.67. The van der Waals surface area contributed by atoms with Crippen LogP contribution in [0.3, 0.4) is 0 Å². The Morgan fingerprint density at radius 2 is 1.19 bits per heavy atom. The van der Waals surface area contributed by atoms with E-state index in [0.717, 1.165) is 0 Å². The first kappa shape index (κ1) is 22.3. The normalized spacial score (nSPS) is 44.9. The predicted molar refractivity (Wildman–Crippen MR) is 81.9 cm³/mol. The molecule has 0 saturated carbocycles. The van der Waals surface area contributed by atoms with Gasteiger partial charge in [-0.05, 0) is 0 Å². The van der Waals surface area contributed by atoms with Crippen LogP contribution in [-0.2, 0) is 14.3 Å². The Morgan fingerprint density at radius 1 is 0.815 bits per heavy atom. The highest BCUT2D eigenvalue weighted by molar-refractivity contribution is 5.69. The van der Waals surface area contributed by atoms with Crippen LogP contribution in [-0.4, -0.2) is 138 Å². The lowest BCUT2D eigenvalue weighted by Gasteiger charge is -2.50. The van der Waals surface area contributed by atoms with E-state index >= 15 is 0 Å². The topological polar surface area (TPSA) is 221 Å². The summed E-state index contributed by atoms with van der Waals surface area (Å²) in [6, 6.07) is 0. The SMILES string of the molecule is O=C(O)CN(C1(CO)O[C@H](CO)[C@@H](O)[C@@H]1O)C1(CO)O[C@H](CO)[C@@H](O)[C@@H]1O. The van der Waals surface area contributed by atoms with Gasteiger partial charge in [0.15, 0.2) is 11.4 Å². The summed E-state index contributed by atoms with van der Waals surface area (Å²) in [5, 5.41) is 88.6. The van der Waals surface area contributed by atoms with E-state index in [1.165, 1.54) is 0 Å². The van der Waals surface area contributed by atoms with Crippen molar-refractivity contribution in [3.63, 3.8) is 0 Å². The third-order valence-corrected chi connectivity index (χ3v) is 5.06. The number of nitrogens with zero attached hydrogens (tertiary/aromatic N) is 1. The Kier molecular flexibility index (Phi) is 6.76. The van der Waals surface area contributed by atoms with Crippen LogP contribution in [0, 0.1) is 0 Å². The molecule has 2 rings (SSSR count). The van der Waals surface area contributed by atoms with Crippen LogP contribution >= 0.6 is 0 Å². The van der Waals surface area contributed by atoms with Crippen LogP contribution in [0.25, 0.3) is 0 Å². The van der Waals surface area contributed by atoms with E-state index in [1.54, 1.807) is 0 Å². The van der Waals surface area contributed by atoms with Gasteiger partial charge in [-0.15, -0.1) is 0 Å². The third-order valence-electron chi connectivity index (χ3n) is 5.06. The Hall–Kier alpha value is -0.970. The molecule has 0 aromatic heterocycles. The van der Waals surface area contributed by atoms with E-state index in [4.69, 9.17) is 9.47 Å². The summed E-state index contributed by atoms with van der Waals surface area (Å²) in [4.78, 5) is 12.0. The molecule has 2 aliphatic rings. The van der Waals surface area contributed by atoms with Crippen molar-refractivity contribution in [2.45, 2.75) is 48.1 Å². The van der Waals surface area contributed by atoms with Crippen molar-refractivity contribution in [1.29, 1.82) is 0 Å². The molecule has 2 aliphatic heterocycles. The van der Waals surface area contributed by atoms with Crippen LogP contribution in [0.2, 0.25) is 0 Å². The van der Waals surface area contributed by atoms with E-state index in [2.05, 4.69) is 0 Å². The summed E-state index contributed by atoms with van der Waals surface area (Å²) in [5.41, 5.74) is -4.84. The molecular formula is C14H25NO12. The number of ether oxygens (including phenoxy) is 2. The number of rotatable bonds is 8. The van der Waals surface area contributed by atoms with Gasteiger partial charge >= 0.3 is 5.97 Å². The van der Waals surface area contributed by atoms with Gasteiger partial charge in [0, 0.05) is 0 Å². The average Bonchev–Trinajstić information content (AvgIpc) is 3.06. The lowest BCUT2D eigenvalue weighted by molar-refractivity contribution is -0.309. The molecule has 2 fully saturated rings. The van der Waals surface area contributed by atoms with Crippen molar-refractivity contribution in [3.05, 3.63) is 0 Å². The van der Waals surface area contributed by atoms with Gasteiger partial charge in [-0.1, -0.05) is 0 Å². The zero-order valence-corrected chi connectivity index (χ0v) is 14.2. The van der Waals surface area contributed by atoms with E-state index in [0.29, 0.717) is 4.90 Å². The van der Waals surface area contributed by atoms with E-state index in [-0.39, 0.29) is 0 Å². The minimum Gasteiger partial charge on any atom is -0.480 e. The summed E-state index contributed by atoms with van der Waals surface area (Å²) >= 11 is 0. The molecule has 2 unspecified atom stereocenters. The summed E-state index contributed by atoms with van der Waals surface area (Å²) < 4.78 is 10.7. The van der Waals surface area contributed by atoms with Gasteiger partial charge in [-0.2, -0.15) is 0 Å². The molecule has 0 aliphatic carbocycles. The number of aliphatic hydroxyl groups excluding tert-OH is 8. The monoisotopic (exact) mass is 399 g/mol. The van der Waals surface area contributed by atoms with Gasteiger partial charge in [0.05, 0.1) is 26.4 Å². The molecule has 27 heavy (non-hydrogen) atoms. The number of aliphatic hydroxyl groups is 8. The van der Waals surface area contributed by atoms with Crippen molar-refractivity contribution in [1.82, 2.24) is 4.90 Å². The fourth-order valence-electron chi connectivity index (χ4n) is 3.64. The van der Waals surface area contributed by atoms with Gasteiger partial charge < -0.3 is 55.4 Å². The van der Waals surface area contributed by atoms with Crippen molar-refractivity contribution < 1.29 is 60.2 Å². The first-order valence-corrected chi connectivity index (χ1v) is 8.16. The van der Waals surface area contributed by atoms with Crippen LogP contribution < -0.4 is 0 Å². The van der Waals surface area contributed by atoms with Crippen LogP contribution in [0.5, 0.6) is 0 Å². The second kappa shape index (κ2) is 8.18. The summed E-state index contributed by atoms with van der Waals surface area (Å²) in [5.74, 6) is -1.55. The van der Waals surface area contributed by atoms with E-state index in [1.807, 2.05) is 0 Å². The molecule has 2 saturated heterocycles. The van der Waals surface area contributed by atoms with Crippen molar-refractivity contribution in [2.24, 2.45) is 0 Å². The zero-order valence-electron chi connectivity index (χ0n) is 14.2. The Bertz CT molecular complexity index is 498. The highest BCUT2D eigenvalue weighted by Crippen LogP contribution is 2.43. The molecule has 158 valence electrons. The number of aliphatic carboxylic acids is 1. The van der Waals surface area contributed by atoms with Crippen molar-refractivity contribution in [3.8, 4) is 0 Å². The quantitative estimate of drug-likeness (QED) is 0.186. The molecule has 0 spiro atoms. The first-order chi connectivity index (χ1) is 12.6. The first-order valence-electron chi connectivity index (χ1n) is 8.16. The Labute approximate surface area is 153 Å². The van der Waals surface area contributed by atoms with Crippen LogP contribution in [0.15, 0.2) is 0 Å². The smallest absolute Gasteiger partial charge is 0.317 e. The molecule has 13 heteroatoms. The molecule has 8 atom stereocenters. The predicted octanol–water partition coefficient (Wildman–Crippen LogP) is -6.02. The number of hydrogen-bond acceptors (Lipinski definition) is 12. The number of hydrogen-bond donors (Lipinski definition) is 9. The van der Waals surface area contributed by atoms with Gasteiger partial charge in [0.2, 0.25) is 0 Å². The highest BCUT2D eigenvalue weighted by atomic mass is 16.6. The minimum atomic E-state index is -2.42. The maximum absolute atomic E-state index is 11.4. The molecule has 2 heterocycles. The maximum Gasteiger partial charge on any atom is 0.317 e. The van der Waals surface area contributed by atoms with Gasteiger partial charge in [-0.3, -0.25) is 4.79 Å². The third kappa shape index (κ3) is 3.34. The standard InChI is InChI=1S/C14H25NO12/c16-2-6-9(22)11(24)13(4-18,26-6)15(1-8(20)21)14(5-19)12(25)10(23)7(3-17)27-14/h6-7,9-12,16-19,22-25H,1-5H2,(H,20,21)/t6-,7-,9-,10-,11+,12+,13?,14?/m1/s1. The van der Waals surface area contributed by atoms with Gasteiger partial charge in [0.1, 0.15) is 43.2 Å². The fourth-order valence-corrected chi connectivity index (χ4v) is 3.64. The van der Waals surface area contributed by atoms with Gasteiger partial charge in [0.25, 0.3) is 0 Å². The minimum absolute atomic E-state index is 0.565. The Balaban J connectivity index is 2.58. The van der Waals surface area contributed by atoms with Crippen molar-refractivity contribution >= 4 is 5.97 Å². The largest absolute Gasteiger partial charge is 0.480 e. The molecule has 13 nitrogen and oxygen atoms in total. The Morgan fingerprint density at radius 3 is 1.41 bits per heavy atom. The second-order valence-corrected chi connectivity index (χ2v) is 6.53. The molecule has 0 aromatic carbocycles. The lowest BCUT2D eigenvalue weighted by atomic mass is 9.94. The van der Waals surface area contributed by atoms with Crippen molar-refractivity contribution in [2.75, 3.05) is 33.0 Å². The van der Waals surface area contributed by atoms with Gasteiger partial charge in [-0.25, -0.2) is 4.90 Å². The molecule has 0 amide bonds. The lowest BCUT2D eigenvalue weighted by Crippen LogP contribution is -2.72. The molecule has 0 bridgehead atoms. The summed E-state index contributed by atoms with van der Waals surface area (Å²) in [6.07, 6.45) is -10.3. The van der Waals surface area contributed by atoms with Crippen LogP contribution in [0.4, 0.5) is 0 Å². The molecule has 0 radical (unpaired) electrons. The zero-order chi connectivity index (χ0) is 20.6. The summed E-state index contributed by atoms with van der Waals surface area (Å²) in [7, 11) is 0. The number of carbonyl (C=O) groups is 1. The number of carboxylic acid groups (broad SMARTS) is 1. The van der Waals surface area contributed by atoms with E-state index < -0.39 is 87.0 Å². The molecule has 0 aromatic rings. The van der Waals surface area contributed by atoms with E-state index in [9.17, 15) is 50.8 Å². The summed E-state index contributed by atoms with van der Waals surface area (Å²) in [6.45, 7) is -4.93. The fraction of sp³-hybridized carbons (Fsp3) is 0.929. The number of carboxylic acids is 1. The molecular weight excluding hydrogens is 374 g/mol.